The SMILES string of the molecule is COCCNCCC(=O)Nc1sc2c(c1-c1nc3ccc(-c4ccncc4)cc3s1)CC(C)N(C(=O)OC(C)(C)C)C2C. The highest BCUT2D eigenvalue weighted by molar-refractivity contribution is 7.23. The number of aromatic nitrogens is 2. The number of amides is 2. The van der Waals surface area contributed by atoms with E-state index in [-0.39, 0.29) is 24.1 Å². The Kier molecular flexibility index (Phi) is 9.45. The van der Waals surface area contributed by atoms with E-state index < -0.39 is 5.60 Å². The lowest BCUT2D eigenvalue weighted by Crippen LogP contribution is -2.46. The maximum Gasteiger partial charge on any atom is 0.411 e. The highest BCUT2D eigenvalue weighted by Crippen LogP contribution is 2.50. The van der Waals surface area contributed by atoms with Crippen molar-refractivity contribution in [3.8, 4) is 21.7 Å². The lowest BCUT2D eigenvalue weighted by atomic mass is 9.93. The van der Waals surface area contributed by atoms with Crippen LogP contribution in [0.15, 0.2) is 42.7 Å². The summed E-state index contributed by atoms with van der Waals surface area (Å²) < 4.78 is 11.9. The Balaban J connectivity index is 1.51. The Labute approximate surface area is 260 Å². The Morgan fingerprint density at radius 1 is 1.07 bits per heavy atom. The molecule has 2 amide bonds. The molecule has 2 atom stereocenters. The van der Waals surface area contributed by atoms with Gasteiger partial charge in [-0.05, 0) is 82.0 Å². The summed E-state index contributed by atoms with van der Waals surface area (Å²) in [5.74, 6) is -0.0736. The van der Waals surface area contributed by atoms with Crippen molar-refractivity contribution in [2.75, 3.05) is 32.1 Å². The molecule has 2 N–H and O–H groups in total. The monoisotopic (exact) mass is 621 g/mol. The zero-order valence-corrected chi connectivity index (χ0v) is 27.2. The second-order valence-electron chi connectivity index (χ2n) is 11.7. The lowest BCUT2D eigenvalue weighted by Gasteiger charge is -2.39. The first-order valence-electron chi connectivity index (χ1n) is 14.5. The van der Waals surface area contributed by atoms with Crippen LogP contribution in [0.1, 0.15) is 57.5 Å². The molecule has 0 bridgehead atoms. The summed E-state index contributed by atoms with van der Waals surface area (Å²) in [4.78, 5) is 38.4. The Morgan fingerprint density at radius 2 is 1.84 bits per heavy atom. The van der Waals surface area contributed by atoms with Crippen molar-refractivity contribution < 1.29 is 19.1 Å². The van der Waals surface area contributed by atoms with Crippen molar-refractivity contribution in [1.82, 2.24) is 20.2 Å². The fourth-order valence-corrected chi connectivity index (χ4v) is 7.79. The number of hydrogen-bond donors (Lipinski definition) is 2. The molecular formula is C32H39N5O4S2. The molecule has 228 valence electrons. The zero-order valence-electron chi connectivity index (χ0n) is 25.5. The largest absolute Gasteiger partial charge is 0.444 e. The minimum absolute atomic E-state index is 0.0736. The molecule has 1 aliphatic rings. The number of methoxy groups -OCH3 is 1. The third-order valence-electron chi connectivity index (χ3n) is 7.29. The fraction of sp³-hybridized carbons (Fsp3) is 0.438. The van der Waals surface area contributed by atoms with Crippen LogP contribution >= 0.6 is 22.7 Å². The first-order chi connectivity index (χ1) is 20.6. The van der Waals surface area contributed by atoms with E-state index in [1.165, 1.54) is 11.3 Å². The number of thiazole rings is 1. The summed E-state index contributed by atoms with van der Waals surface area (Å²) in [5, 5.41) is 8.05. The normalized spacial score (nSPS) is 16.7. The summed E-state index contributed by atoms with van der Waals surface area (Å²) >= 11 is 3.15. The zero-order chi connectivity index (χ0) is 30.7. The van der Waals surface area contributed by atoms with Gasteiger partial charge >= 0.3 is 6.09 Å². The topological polar surface area (TPSA) is 106 Å². The molecular weight excluding hydrogens is 583 g/mol. The maximum atomic E-state index is 13.3. The number of thiophene rings is 1. The molecule has 1 aliphatic heterocycles. The molecule has 11 heteroatoms. The highest BCUT2D eigenvalue weighted by atomic mass is 32.1. The predicted octanol–water partition coefficient (Wildman–Crippen LogP) is 6.89. The van der Waals surface area contributed by atoms with E-state index in [2.05, 4.69) is 27.8 Å². The standard InChI is InChI=1S/C32H39N5O4S2/c1-19-17-23-27(29-35-24-8-7-22(18-25(24)42-29)21-9-12-33-13-10-21)30(36-26(38)11-14-34-15-16-40-6)43-28(23)20(2)37(19)31(39)41-32(3,4)5/h7-10,12-13,18-20,34H,11,14-17H2,1-6H3,(H,36,38). The van der Waals surface area contributed by atoms with E-state index in [1.807, 2.05) is 57.7 Å². The van der Waals surface area contributed by atoms with Crippen molar-refractivity contribution in [3.05, 3.63) is 53.2 Å². The van der Waals surface area contributed by atoms with E-state index in [9.17, 15) is 9.59 Å². The summed E-state index contributed by atoms with van der Waals surface area (Å²) in [6.45, 7) is 11.5. The lowest BCUT2D eigenvalue weighted by molar-refractivity contribution is -0.116. The molecule has 2 unspecified atom stereocenters. The smallest absolute Gasteiger partial charge is 0.411 e. The third-order valence-corrected chi connectivity index (χ3v) is 9.65. The van der Waals surface area contributed by atoms with Gasteiger partial charge in [-0.1, -0.05) is 6.07 Å². The van der Waals surface area contributed by atoms with Gasteiger partial charge in [-0.3, -0.25) is 14.7 Å². The molecule has 0 radical (unpaired) electrons. The number of rotatable bonds is 9. The summed E-state index contributed by atoms with van der Waals surface area (Å²) in [7, 11) is 1.66. The van der Waals surface area contributed by atoms with E-state index in [1.54, 1.807) is 30.8 Å². The second-order valence-corrected chi connectivity index (χ2v) is 13.8. The van der Waals surface area contributed by atoms with E-state index in [4.69, 9.17) is 14.5 Å². The Bertz CT molecular complexity index is 1590. The number of carbonyl (C=O) groups excluding carboxylic acids is 2. The number of benzene rings is 1. The number of ether oxygens (including phenoxy) is 2. The molecule has 0 saturated carbocycles. The average Bonchev–Trinajstić information content (AvgIpc) is 3.52. The van der Waals surface area contributed by atoms with E-state index in [0.717, 1.165) is 47.4 Å². The number of anilines is 1. The number of hydrogen-bond acceptors (Lipinski definition) is 9. The van der Waals surface area contributed by atoms with Crippen LogP contribution in [0.25, 0.3) is 31.9 Å². The fourth-order valence-electron chi connectivity index (χ4n) is 5.34. The van der Waals surface area contributed by atoms with Crippen LogP contribution in [0.5, 0.6) is 0 Å². The van der Waals surface area contributed by atoms with Gasteiger partial charge < -0.3 is 20.1 Å². The van der Waals surface area contributed by atoms with Crippen LogP contribution in [-0.4, -0.2) is 65.3 Å². The van der Waals surface area contributed by atoms with Crippen LogP contribution in [-0.2, 0) is 20.7 Å². The number of carbonyl (C=O) groups is 2. The molecule has 0 saturated heterocycles. The molecule has 4 aromatic rings. The van der Waals surface area contributed by atoms with E-state index >= 15 is 0 Å². The minimum Gasteiger partial charge on any atom is -0.444 e. The molecule has 3 aromatic heterocycles. The Hall–Kier alpha value is -3.38. The van der Waals surface area contributed by atoms with E-state index in [0.29, 0.717) is 32.5 Å². The van der Waals surface area contributed by atoms with Crippen molar-refractivity contribution in [1.29, 1.82) is 0 Å². The van der Waals surface area contributed by atoms with Gasteiger partial charge in [0.05, 0.1) is 22.9 Å². The summed E-state index contributed by atoms with van der Waals surface area (Å²) in [5.41, 5.74) is 4.59. The third kappa shape index (κ3) is 7.06. The second kappa shape index (κ2) is 13.1. The highest BCUT2D eigenvalue weighted by Gasteiger charge is 2.39. The Morgan fingerprint density at radius 3 is 2.56 bits per heavy atom. The first kappa shape index (κ1) is 31.1. The summed E-state index contributed by atoms with van der Waals surface area (Å²) in [6.07, 6.45) is 4.22. The summed E-state index contributed by atoms with van der Waals surface area (Å²) in [6, 6.07) is 9.96. The molecule has 43 heavy (non-hydrogen) atoms. The van der Waals surface area contributed by atoms with Gasteiger partial charge in [-0.15, -0.1) is 22.7 Å². The number of pyridine rings is 1. The van der Waals surface area contributed by atoms with Crippen molar-refractivity contribution in [3.63, 3.8) is 0 Å². The first-order valence-corrected chi connectivity index (χ1v) is 16.2. The molecule has 9 nitrogen and oxygen atoms in total. The predicted molar refractivity (Wildman–Crippen MR) is 174 cm³/mol. The quantitative estimate of drug-likeness (QED) is 0.196. The molecule has 0 aliphatic carbocycles. The molecule has 5 rings (SSSR count). The van der Waals surface area contributed by atoms with Gasteiger partial charge in [0.1, 0.15) is 15.6 Å². The van der Waals surface area contributed by atoms with Gasteiger partial charge in [0.25, 0.3) is 0 Å². The van der Waals surface area contributed by atoms with Gasteiger partial charge in [-0.2, -0.15) is 0 Å². The minimum atomic E-state index is -0.593. The van der Waals surface area contributed by atoms with Gasteiger partial charge in [0.15, 0.2) is 0 Å². The molecule has 4 heterocycles. The van der Waals surface area contributed by atoms with Gasteiger partial charge in [0, 0.05) is 55.5 Å². The van der Waals surface area contributed by atoms with Gasteiger partial charge in [0.2, 0.25) is 5.91 Å². The number of fused-ring (bicyclic) bond motifs is 2. The number of nitrogens with one attached hydrogen (secondary N) is 2. The molecule has 0 fully saturated rings. The van der Waals surface area contributed by atoms with Gasteiger partial charge in [-0.25, -0.2) is 9.78 Å². The van der Waals surface area contributed by atoms with Crippen LogP contribution in [0.4, 0.5) is 9.80 Å². The van der Waals surface area contributed by atoms with Crippen LogP contribution in [0.2, 0.25) is 0 Å². The number of nitrogens with zero attached hydrogens (tertiary/aromatic N) is 3. The molecule has 0 spiro atoms. The van der Waals surface area contributed by atoms with Crippen molar-refractivity contribution in [2.24, 2.45) is 0 Å². The van der Waals surface area contributed by atoms with Crippen LogP contribution in [0, 0.1) is 0 Å². The van der Waals surface area contributed by atoms with Crippen LogP contribution < -0.4 is 10.6 Å². The average molecular weight is 622 g/mol. The van der Waals surface area contributed by atoms with Crippen molar-refractivity contribution in [2.45, 2.75) is 65.1 Å². The van der Waals surface area contributed by atoms with Crippen molar-refractivity contribution >= 4 is 49.9 Å². The maximum absolute atomic E-state index is 13.3. The van der Waals surface area contributed by atoms with Crippen LogP contribution in [0.3, 0.4) is 0 Å². The molecule has 1 aromatic carbocycles.